The number of hydrogen-bond acceptors (Lipinski definition) is 3. The second kappa shape index (κ2) is 8.03. The Hall–Kier alpha value is -2.83. The van der Waals surface area contributed by atoms with E-state index in [0.29, 0.717) is 25.1 Å². The zero-order valence-electron chi connectivity index (χ0n) is 14.1. The van der Waals surface area contributed by atoms with Crippen molar-refractivity contribution in [3.05, 3.63) is 65.5 Å². The van der Waals surface area contributed by atoms with E-state index in [1.165, 1.54) is 12.1 Å². The summed E-state index contributed by atoms with van der Waals surface area (Å²) in [6.07, 6.45) is 3.82. The summed E-state index contributed by atoms with van der Waals surface area (Å²) >= 11 is 0. The van der Waals surface area contributed by atoms with Crippen molar-refractivity contribution in [3.8, 4) is 0 Å². The van der Waals surface area contributed by atoms with Crippen LogP contribution in [0.15, 0.2) is 42.7 Å². The van der Waals surface area contributed by atoms with Gasteiger partial charge in [-0.2, -0.15) is 0 Å². The fourth-order valence-electron chi connectivity index (χ4n) is 3.04. The van der Waals surface area contributed by atoms with Crippen LogP contribution in [0.2, 0.25) is 0 Å². The second-order valence-electron chi connectivity index (χ2n) is 6.35. The van der Waals surface area contributed by atoms with Gasteiger partial charge in [0.2, 0.25) is 11.8 Å². The SMILES string of the molecule is O=C(NCCc1cc(F)cc(F)c1)[C@H]1CC(=O)N(Cc2ccncc2)C1. The normalized spacial score (nSPS) is 16.8. The Morgan fingerprint density at radius 3 is 2.54 bits per heavy atom. The molecule has 0 bridgehead atoms. The van der Waals surface area contributed by atoms with Crippen molar-refractivity contribution in [2.45, 2.75) is 19.4 Å². The van der Waals surface area contributed by atoms with E-state index in [-0.39, 0.29) is 24.8 Å². The third-order valence-electron chi connectivity index (χ3n) is 4.34. The molecule has 1 aromatic heterocycles. The molecule has 2 aromatic rings. The molecule has 0 radical (unpaired) electrons. The van der Waals surface area contributed by atoms with Crippen LogP contribution in [-0.2, 0) is 22.6 Å². The smallest absolute Gasteiger partial charge is 0.225 e. The molecule has 1 aliphatic rings. The van der Waals surface area contributed by atoms with Crippen molar-refractivity contribution in [2.75, 3.05) is 13.1 Å². The lowest BCUT2D eigenvalue weighted by molar-refractivity contribution is -0.129. The predicted molar refractivity (Wildman–Crippen MR) is 90.8 cm³/mol. The first-order valence-corrected chi connectivity index (χ1v) is 8.40. The molecule has 26 heavy (non-hydrogen) atoms. The minimum absolute atomic E-state index is 0.0610. The summed E-state index contributed by atoms with van der Waals surface area (Å²) in [7, 11) is 0. The van der Waals surface area contributed by atoms with Crippen LogP contribution < -0.4 is 5.32 Å². The molecule has 0 spiro atoms. The molecule has 1 N–H and O–H groups in total. The van der Waals surface area contributed by atoms with Crippen LogP contribution in [0, 0.1) is 17.6 Å². The van der Waals surface area contributed by atoms with E-state index in [9.17, 15) is 18.4 Å². The average Bonchev–Trinajstić information content (AvgIpc) is 2.96. The molecule has 1 fully saturated rings. The molecule has 7 heteroatoms. The number of nitrogens with one attached hydrogen (secondary N) is 1. The molecule has 1 atom stereocenters. The summed E-state index contributed by atoms with van der Waals surface area (Å²) in [6, 6.07) is 6.96. The number of benzene rings is 1. The summed E-state index contributed by atoms with van der Waals surface area (Å²) in [4.78, 5) is 30.0. The van der Waals surface area contributed by atoms with Crippen molar-refractivity contribution < 1.29 is 18.4 Å². The minimum Gasteiger partial charge on any atom is -0.355 e. The lowest BCUT2D eigenvalue weighted by atomic mass is 10.1. The first-order valence-electron chi connectivity index (χ1n) is 8.40. The third-order valence-corrected chi connectivity index (χ3v) is 4.34. The van der Waals surface area contributed by atoms with E-state index in [0.717, 1.165) is 11.6 Å². The van der Waals surface area contributed by atoms with Gasteiger partial charge in [0.05, 0.1) is 5.92 Å². The largest absolute Gasteiger partial charge is 0.355 e. The number of hydrogen-bond donors (Lipinski definition) is 1. The number of amides is 2. The van der Waals surface area contributed by atoms with Crippen LogP contribution in [-0.4, -0.2) is 34.8 Å². The van der Waals surface area contributed by atoms with E-state index in [1.54, 1.807) is 17.3 Å². The van der Waals surface area contributed by atoms with Gasteiger partial charge in [-0.1, -0.05) is 0 Å². The molecule has 2 amide bonds. The molecular formula is C19H19F2N3O2. The van der Waals surface area contributed by atoms with Crippen LogP contribution in [0.5, 0.6) is 0 Å². The van der Waals surface area contributed by atoms with Crippen LogP contribution in [0.1, 0.15) is 17.5 Å². The summed E-state index contributed by atoms with van der Waals surface area (Å²) < 4.78 is 26.3. The van der Waals surface area contributed by atoms with Crippen LogP contribution in [0.4, 0.5) is 8.78 Å². The molecule has 0 unspecified atom stereocenters. The van der Waals surface area contributed by atoms with Crippen molar-refractivity contribution in [3.63, 3.8) is 0 Å². The summed E-state index contributed by atoms with van der Waals surface area (Å²) in [5.74, 6) is -1.96. The van der Waals surface area contributed by atoms with E-state index >= 15 is 0 Å². The second-order valence-corrected chi connectivity index (χ2v) is 6.35. The fraction of sp³-hybridized carbons (Fsp3) is 0.316. The van der Waals surface area contributed by atoms with E-state index in [4.69, 9.17) is 0 Å². The number of nitrogens with zero attached hydrogens (tertiary/aromatic N) is 2. The first-order chi connectivity index (χ1) is 12.5. The summed E-state index contributed by atoms with van der Waals surface area (Å²) in [6.45, 7) is 1.08. The highest BCUT2D eigenvalue weighted by Crippen LogP contribution is 2.20. The van der Waals surface area contributed by atoms with Gasteiger partial charge in [0.25, 0.3) is 0 Å². The highest BCUT2D eigenvalue weighted by molar-refractivity contribution is 5.89. The minimum atomic E-state index is -0.639. The Bertz CT molecular complexity index is 778. The van der Waals surface area contributed by atoms with Crippen LogP contribution in [0.3, 0.4) is 0 Å². The van der Waals surface area contributed by atoms with Crippen molar-refractivity contribution in [2.24, 2.45) is 5.92 Å². The molecule has 0 saturated carbocycles. The highest BCUT2D eigenvalue weighted by atomic mass is 19.1. The number of aromatic nitrogens is 1. The Balaban J connectivity index is 1.48. The summed E-state index contributed by atoms with van der Waals surface area (Å²) in [5.41, 5.74) is 1.44. The van der Waals surface area contributed by atoms with Crippen molar-refractivity contribution in [1.29, 1.82) is 0 Å². The Morgan fingerprint density at radius 2 is 1.85 bits per heavy atom. The number of carbonyl (C=O) groups is 2. The van der Waals surface area contributed by atoms with Gasteiger partial charge in [-0.15, -0.1) is 0 Å². The predicted octanol–water partition coefficient (Wildman–Crippen LogP) is 2.07. The zero-order valence-corrected chi connectivity index (χ0v) is 14.1. The van der Waals surface area contributed by atoms with Gasteiger partial charge < -0.3 is 10.2 Å². The summed E-state index contributed by atoms with van der Waals surface area (Å²) in [5, 5.41) is 2.74. The number of rotatable bonds is 6. The van der Waals surface area contributed by atoms with Crippen molar-refractivity contribution in [1.82, 2.24) is 15.2 Å². The van der Waals surface area contributed by atoms with Crippen LogP contribution in [0.25, 0.3) is 0 Å². The van der Waals surface area contributed by atoms with Crippen molar-refractivity contribution >= 4 is 11.8 Å². The molecule has 3 rings (SSSR count). The van der Waals surface area contributed by atoms with Gasteiger partial charge in [0.1, 0.15) is 11.6 Å². The third kappa shape index (κ3) is 4.62. The molecule has 1 aromatic carbocycles. The topological polar surface area (TPSA) is 62.3 Å². The van der Waals surface area contributed by atoms with Gasteiger partial charge in [-0.05, 0) is 41.8 Å². The molecule has 1 saturated heterocycles. The lowest BCUT2D eigenvalue weighted by Crippen LogP contribution is -2.34. The molecule has 1 aliphatic heterocycles. The van der Waals surface area contributed by atoms with E-state index < -0.39 is 17.6 Å². The molecule has 5 nitrogen and oxygen atoms in total. The van der Waals surface area contributed by atoms with Gasteiger partial charge in [0, 0.05) is 44.5 Å². The fourth-order valence-corrected chi connectivity index (χ4v) is 3.04. The maximum Gasteiger partial charge on any atom is 0.225 e. The van der Waals surface area contributed by atoms with Gasteiger partial charge in [-0.3, -0.25) is 14.6 Å². The molecule has 2 heterocycles. The number of likely N-dealkylation sites (tertiary alicyclic amines) is 1. The molecular weight excluding hydrogens is 340 g/mol. The highest BCUT2D eigenvalue weighted by Gasteiger charge is 2.33. The monoisotopic (exact) mass is 359 g/mol. The number of carbonyl (C=O) groups excluding carboxylic acids is 2. The maximum atomic E-state index is 13.2. The lowest BCUT2D eigenvalue weighted by Gasteiger charge is -2.16. The van der Waals surface area contributed by atoms with E-state index in [1.807, 2.05) is 12.1 Å². The van der Waals surface area contributed by atoms with Gasteiger partial charge >= 0.3 is 0 Å². The number of halogens is 2. The molecule has 136 valence electrons. The Morgan fingerprint density at radius 1 is 1.15 bits per heavy atom. The Kier molecular flexibility index (Phi) is 5.55. The Labute approximate surface area is 150 Å². The number of pyridine rings is 1. The quantitative estimate of drug-likeness (QED) is 0.859. The zero-order chi connectivity index (χ0) is 18.5. The maximum absolute atomic E-state index is 13.2. The average molecular weight is 359 g/mol. The van der Waals surface area contributed by atoms with E-state index in [2.05, 4.69) is 10.3 Å². The van der Waals surface area contributed by atoms with Gasteiger partial charge in [-0.25, -0.2) is 8.78 Å². The van der Waals surface area contributed by atoms with Gasteiger partial charge in [0.15, 0.2) is 0 Å². The van der Waals surface area contributed by atoms with Crippen LogP contribution >= 0.6 is 0 Å². The standard InChI is InChI=1S/C19H19F2N3O2/c20-16-7-14(8-17(21)10-16)3-6-23-19(26)15-9-18(25)24(12-15)11-13-1-4-22-5-2-13/h1-2,4-5,7-8,10,15H,3,6,9,11-12H2,(H,23,26)/t15-/m0/s1. The molecule has 0 aliphatic carbocycles. The first kappa shape index (κ1) is 18.0.